The predicted molar refractivity (Wildman–Crippen MR) is 78.3 cm³/mol. The summed E-state index contributed by atoms with van der Waals surface area (Å²) in [7, 11) is 0. The minimum absolute atomic E-state index is 0.245. The van der Waals surface area contributed by atoms with Crippen LogP contribution in [0.1, 0.15) is 43.9 Å². The molecule has 0 amide bonds. The maximum atomic E-state index is 5.57. The summed E-state index contributed by atoms with van der Waals surface area (Å²) in [5.74, 6) is 3.08. The van der Waals surface area contributed by atoms with E-state index < -0.39 is 0 Å². The van der Waals surface area contributed by atoms with Gasteiger partial charge in [0.25, 0.3) is 0 Å². The van der Waals surface area contributed by atoms with Crippen molar-refractivity contribution in [3.8, 4) is 0 Å². The fourth-order valence-electron chi connectivity index (χ4n) is 2.07. The third-order valence-electron chi connectivity index (χ3n) is 3.14. The molecule has 3 nitrogen and oxygen atoms in total. The van der Waals surface area contributed by atoms with E-state index in [-0.39, 0.29) is 6.04 Å². The van der Waals surface area contributed by atoms with E-state index in [0.29, 0.717) is 5.41 Å². The van der Waals surface area contributed by atoms with Crippen molar-refractivity contribution in [1.29, 1.82) is 0 Å². The zero-order valence-corrected chi connectivity index (χ0v) is 12.6. The van der Waals surface area contributed by atoms with Crippen molar-refractivity contribution in [2.75, 3.05) is 12.3 Å². The molecule has 2 rings (SSSR count). The van der Waals surface area contributed by atoms with Crippen LogP contribution in [0, 0.1) is 19.3 Å². The summed E-state index contributed by atoms with van der Waals surface area (Å²) < 4.78 is 5.57. The summed E-state index contributed by atoms with van der Waals surface area (Å²) >= 11 is 1.81. The number of thioether (sulfide) groups is 1. The number of nitrogens with zero attached hydrogens (tertiary/aromatic N) is 1. The minimum Gasteiger partial charge on any atom is -0.466 e. The molecular weight excluding hydrogens is 244 g/mol. The van der Waals surface area contributed by atoms with Crippen LogP contribution >= 0.6 is 11.8 Å². The average Bonchev–Trinajstić information content (AvgIpc) is 2.61. The fraction of sp³-hybridized carbons (Fsp3) is 0.643. The van der Waals surface area contributed by atoms with Crippen LogP contribution in [0.15, 0.2) is 15.5 Å². The first kappa shape index (κ1) is 13.5. The summed E-state index contributed by atoms with van der Waals surface area (Å²) in [5, 5.41) is 4.54. The fourth-order valence-corrected chi connectivity index (χ4v) is 3.11. The monoisotopic (exact) mass is 266 g/mol. The van der Waals surface area contributed by atoms with Gasteiger partial charge < -0.3 is 9.73 Å². The van der Waals surface area contributed by atoms with Gasteiger partial charge in [-0.3, -0.25) is 4.99 Å². The molecule has 0 spiro atoms. The molecule has 4 heteroatoms. The normalized spacial score (nSPS) is 20.4. The zero-order chi connectivity index (χ0) is 13.3. The number of aliphatic imine (C=N–C) groups is 1. The largest absolute Gasteiger partial charge is 0.466 e. The summed E-state index contributed by atoms with van der Waals surface area (Å²) in [5.41, 5.74) is 1.54. The van der Waals surface area contributed by atoms with Crippen molar-refractivity contribution in [2.24, 2.45) is 10.4 Å². The molecule has 1 atom stereocenters. The van der Waals surface area contributed by atoms with Crippen LogP contribution in [0.2, 0.25) is 0 Å². The lowest BCUT2D eigenvalue weighted by atomic mass is 9.97. The first-order chi connectivity index (χ1) is 8.37. The van der Waals surface area contributed by atoms with E-state index in [1.54, 1.807) is 0 Å². The number of rotatable bonds is 2. The van der Waals surface area contributed by atoms with E-state index >= 15 is 0 Å². The van der Waals surface area contributed by atoms with Crippen molar-refractivity contribution in [1.82, 2.24) is 5.32 Å². The van der Waals surface area contributed by atoms with Gasteiger partial charge in [-0.2, -0.15) is 0 Å². The number of hydrogen-bond acceptors (Lipinski definition) is 4. The highest BCUT2D eigenvalue weighted by Gasteiger charge is 2.24. The van der Waals surface area contributed by atoms with Gasteiger partial charge in [0.05, 0.1) is 6.04 Å². The summed E-state index contributed by atoms with van der Waals surface area (Å²) in [6, 6.07) is 2.35. The van der Waals surface area contributed by atoms with Gasteiger partial charge in [-0.15, -0.1) is 0 Å². The molecule has 100 valence electrons. The molecular formula is C14H22N2OS. The molecule has 0 aliphatic carbocycles. The third-order valence-corrected chi connectivity index (χ3v) is 4.58. The Morgan fingerprint density at radius 2 is 2.17 bits per heavy atom. The Balaban J connectivity index is 2.02. The van der Waals surface area contributed by atoms with Crippen LogP contribution in [-0.4, -0.2) is 17.5 Å². The van der Waals surface area contributed by atoms with Gasteiger partial charge in [0.2, 0.25) is 0 Å². The summed E-state index contributed by atoms with van der Waals surface area (Å²) in [6.45, 7) is 11.6. The van der Waals surface area contributed by atoms with Crippen LogP contribution in [0.25, 0.3) is 0 Å². The van der Waals surface area contributed by atoms with E-state index in [2.05, 4.69) is 37.1 Å². The number of furan rings is 1. The first-order valence-corrected chi connectivity index (χ1v) is 7.37. The predicted octanol–water partition coefficient (Wildman–Crippen LogP) is 3.68. The number of hydrogen-bond donors (Lipinski definition) is 1. The molecule has 1 unspecified atom stereocenters. The summed E-state index contributed by atoms with van der Waals surface area (Å²) in [4.78, 5) is 4.62. The lowest BCUT2D eigenvalue weighted by Crippen LogP contribution is -2.32. The van der Waals surface area contributed by atoms with E-state index in [4.69, 9.17) is 4.42 Å². The van der Waals surface area contributed by atoms with Gasteiger partial charge in [-0.05, 0) is 32.3 Å². The second-order valence-electron chi connectivity index (χ2n) is 5.81. The highest BCUT2D eigenvalue weighted by atomic mass is 32.2. The molecule has 0 saturated heterocycles. The highest BCUT2D eigenvalue weighted by Crippen LogP contribution is 2.29. The Bertz CT molecular complexity index is 462. The summed E-state index contributed by atoms with van der Waals surface area (Å²) in [6.07, 6.45) is 0. The number of amidine groups is 1. The topological polar surface area (TPSA) is 37.5 Å². The zero-order valence-electron chi connectivity index (χ0n) is 11.8. The van der Waals surface area contributed by atoms with Crippen molar-refractivity contribution < 1.29 is 4.42 Å². The SMILES string of the molecule is Cc1cc(C(C)NC2=NCC(C)(C)CS2)c(C)o1. The first-order valence-electron chi connectivity index (χ1n) is 6.38. The molecule has 1 N–H and O–H groups in total. The Morgan fingerprint density at radius 3 is 2.67 bits per heavy atom. The van der Waals surface area contributed by atoms with Gasteiger partial charge in [0, 0.05) is 17.9 Å². The van der Waals surface area contributed by atoms with Crippen molar-refractivity contribution in [3.05, 3.63) is 23.2 Å². The maximum Gasteiger partial charge on any atom is 0.157 e. The van der Waals surface area contributed by atoms with Crippen LogP contribution in [0.5, 0.6) is 0 Å². The Kier molecular flexibility index (Phi) is 3.76. The number of nitrogens with one attached hydrogen (secondary N) is 1. The van der Waals surface area contributed by atoms with Gasteiger partial charge in [-0.25, -0.2) is 0 Å². The minimum atomic E-state index is 0.245. The van der Waals surface area contributed by atoms with Crippen LogP contribution in [-0.2, 0) is 0 Å². The lowest BCUT2D eigenvalue weighted by Gasteiger charge is -2.28. The Morgan fingerprint density at radius 1 is 1.44 bits per heavy atom. The van der Waals surface area contributed by atoms with Crippen LogP contribution < -0.4 is 5.32 Å². The van der Waals surface area contributed by atoms with Gasteiger partial charge >= 0.3 is 0 Å². The maximum absolute atomic E-state index is 5.57. The molecule has 0 fully saturated rings. The second kappa shape index (κ2) is 5.00. The standard InChI is InChI=1S/C14H22N2OS/c1-9-6-12(11(3)17-9)10(2)16-13-15-7-14(4,5)8-18-13/h6,10H,7-8H2,1-5H3,(H,15,16). The third kappa shape index (κ3) is 3.10. The molecule has 0 radical (unpaired) electrons. The van der Waals surface area contributed by atoms with Crippen molar-refractivity contribution in [3.63, 3.8) is 0 Å². The molecule has 1 aromatic heterocycles. The molecule has 1 aromatic rings. The van der Waals surface area contributed by atoms with Crippen molar-refractivity contribution in [2.45, 2.75) is 40.7 Å². The highest BCUT2D eigenvalue weighted by molar-refractivity contribution is 8.13. The smallest absolute Gasteiger partial charge is 0.157 e. The Labute approximate surface area is 113 Å². The second-order valence-corrected chi connectivity index (χ2v) is 6.77. The molecule has 1 aliphatic rings. The molecule has 2 heterocycles. The van der Waals surface area contributed by atoms with Crippen molar-refractivity contribution >= 4 is 16.9 Å². The molecule has 18 heavy (non-hydrogen) atoms. The molecule has 0 aromatic carbocycles. The van der Waals surface area contributed by atoms with E-state index in [9.17, 15) is 0 Å². The van der Waals surface area contributed by atoms with Gasteiger partial charge in [0.15, 0.2) is 5.17 Å². The van der Waals surface area contributed by atoms with E-state index in [0.717, 1.165) is 29.0 Å². The molecule has 0 saturated carbocycles. The van der Waals surface area contributed by atoms with Gasteiger partial charge in [0.1, 0.15) is 11.5 Å². The van der Waals surface area contributed by atoms with E-state index in [1.807, 2.05) is 25.6 Å². The van der Waals surface area contributed by atoms with Crippen LogP contribution in [0.3, 0.4) is 0 Å². The number of aryl methyl sites for hydroxylation is 2. The molecule has 0 bridgehead atoms. The lowest BCUT2D eigenvalue weighted by molar-refractivity contribution is 0.436. The quantitative estimate of drug-likeness (QED) is 0.887. The van der Waals surface area contributed by atoms with Crippen LogP contribution in [0.4, 0.5) is 0 Å². The average molecular weight is 266 g/mol. The van der Waals surface area contributed by atoms with E-state index in [1.165, 1.54) is 5.56 Å². The Hall–Kier alpha value is -0.900. The van der Waals surface area contributed by atoms with Gasteiger partial charge in [-0.1, -0.05) is 25.6 Å². The molecule has 1 aliphatic heterocycles.